The molecular weight excluding hydrogens is 222 g/mol. The molecule has 0 radical (unpaired) electrons. The predicted molar refractivity (Wildman–Crippen MR) is 64.6 cm³/mol. The number of carbonyl (C=O) groups is 2. The summed E-state index contributed by atoms with van der Waals surface area (Å²) in [6, 6.07) is -0.302. The summed E-state index contributed by atoms with van der Waals surface area (Å²) >= 11 is 0. The molecule has 5 heteroatoms. The van der Waals surface area contributed by atoms with Crippen LogP contribution >= 0.6 is 0 Å². The molecule has 0 aliphatic carbocycles. The van der Waals surface area contributed by atoms with E-state index in [2.05, 4.69) is 10.1 Å². The number of esters is 1. The van der Waals surface area contributed by atoms with E-state index in [0.29, 0.717) is 5.57 Å². The SMILES string of the molecule is COC(=O)/C(C)=C/C(C)NC(=O)OC(C)(C)C. The number of rotatable bonds is 3. The highest BCUT2D eigenvalue weighted by atomic mass is 16.6. The van der Waals surface area contributed by atoms with Gasteiger partial charge in [0.15, 0.2) is 0 Å². The van der Waals surface area contributed by atoms with Crippen molar-refractivity contribution in [3.8, 4) is 0 Å². The molecule has 1 atom stereocenters. The van der Waals surface area contributed by atoms with Crippen LogP contribution in [0.4, 0.5) is 4.79 Å². The van der Waals surface area contributed by atoms with Crippen LogP contribution in [0.2, 0.25) is 0 Å². The zero-order valence-corrected chi connectivity index (χ0v) is 11.3. The average Bonchev–Trinajstić information content (AvgIpc) is 2.12. The van der Waals surface area contributed by atoms with Gasteiger partial charge in [-0.05, 0) is 34.6 Å². The molecule has 1 N–H and O–H groups in total. The van der Waals surface area contributed by atoms with Crippen molar-refractivity contribution < 1.29 is 19.1 Å². The van der Waals surface area contributed by atoms with Crippen molar-refractivity contribution in [3.05, 3.63) is 11.6 Å². The average molecular weight is 243 g/mol. The van der Waals surface area contributed by atoms with Gasteiger partial charge in [-0.3, -0.25) is 0 Å². The molecule has 0 heterocycles. The van der Waals surface area contributed by atoms with E-state index < -0.39 is 17.7 Å². The molecule has 0 aromatic heterocycles. The van der Waals surface area contributed by atoms with E-state index in [0.717, 1.165) is 0 Å². The molecule has 0 aromatic rings. The van der Waals surface area contributed by atoms with Gasteiger partial charge < -0.3 is 14.8 Å². The number of amides is 1. The summed E-state index contributed by atoms with van der Waals surface area (Å²) in [4.78, 5) is 22.5. The van der Waals surface area contributed by atoms with E-state index in [1.807, 2.05) is 0 Å². The van der Waals surface area contributed by atoms with Crippen LogP contribution in [-0.4, -0.2) is 30.8 Å². The topological polar surface area (TPSA) is 64.6 Å². The van der Waals surface area contributed by atoms with Crippen molar-refractivity contribution in [1.82, 2.24) is 5.32 Å². The number of carbonyl (C=O) groups excluding carboxylic acids is 2. The Bertz CT molecular complexity index is 315. The van der Waals surface area contributed by atoms with Gasteiger partial charge in [-0.15, -0.1) is 0 Å². The predicted octanol–water partition coefficient (Wildman–Crippen LogP) is 2.02. The Morgan fingerprint density at radius 3 is 2.24 bits per heavy atom. The molecule has 98 valence electrons. The quantitative estimate of drug-likeness (QED) is 0.608. The molecule has 5 nitrogen and oxygen atoms in total. The third-order valence-electron chi connectivity index (χ3n) is 1.75. The molecule has 0 aliphatic heterocycles. The van der Waals surface area contributed by atoms with Crippen LogP contribution in [0, 0.1) is 0 Å². The lowest BCUT2D eigenvalue weighted by Gasteiger charge is -2.21. The zero-order chi connectivity index (χ0) is 13.6. The zero-order valence-electron chi connectivity index (χ0n) is 11.3. The number of nitrogens with one attached hydrogen (secondary N) is 1. The van der Waals surface area contributed by atoms with Gasteiger partial charge in [0.25, 0.3) is 0 Å². The van der Waals surface area contributed by atoms with E-state index in [1.165, 1.54) is 7.11 Å². The Balaban J connectivity index is 4.32. The van der Waals surface area contributed by atoms with E-state index in [4.69, 9.17) is 4.74 Å². The van der Waals surface area contributed by atoms with Crippen molar-refractivity contribution in [2.24, 2.45) is 0 Å². The minimum atomic E-state index is -0.537. The molecule has 0 spiro atoms. The number of ether oxygens (including phenoxy) is 2. The molecule has 0 rings (SSSR count). The fourth-order valence-corrected chi connectivity index (χ4v) is 1.14. The Labute approximate surface area is 102 Å². The molecular formula is C12H21NO4. The lowest BCUT2D eigenvalue weighted by molar-refractivity contribution is -0.136. The minimum absolute atomic E-state index is 0.302. The van der Waals surface area contributed by atoms with Gasteiger partial charge in [0.1, 0.15) is 5.60 Å². The summed E-state index contributed by atoms with van der Waals surface area (Å²) in [6.07, 6.45) is 1.09. The van der Waals surface area contributed by atoms with Gasteiger partial charge in [0.2, 0.25) is 0 Å². The van der Waals surface area contributed by atoms with Crippen LogP contribution in [0.15, 0.2) is 11.6 Å². The summed E-state index contributed by atoms with van der Waals surface area (Å²) in [5.74, 6) is -0.414. The Morgan fingerprint density at radius 1 is 1.29 bits per heavy atom. The third-order valence-corrected chi connectivity index (χ3v) is 1.75. The van der Waals surface area contributed by atoms with E-state index in [1.54, 1.807) is 40.7 Å². The second kappa shape index (κ2) is 6.27. The number of methoxy groups -OCH3 is 1. The van der Waals surface area contributed by atoms with Crippen LogP contribution in [0.1, 0.15) is 34.6 Å². The molecule has 1 amide bonds. The molecule has 0 fully saturated rings. The van der Waals surface area contributed by atoms with Crippen molar-refractivity contribution in [2.75, 3.05) is 7.11 Å². The fraction of sp³-hybridized carbons (Fsp3) is 0.667. The largest absolute Gasteiger partial charge is 0.466 e. The molecule has 1 unspecified atom stereocenters. The van der Waals surface area contributed by atoms with Crippen molar-refractivity contribution in [2.45, 2.75) is 46.3 Å². The smallest absolute Gasteiger partial charge is 0.408 e. The Kier molecular flexibility index (Phi) is 5.71. The number of hydrogen-bond acceptors (Lipinski definition) is 4. The third kappa shape index (κ3) is 7.38. The van der Waals surface area contributed by atoms with E-state index >= 15 is 0 Å². The van der Waals surface area contributed by atoms with Crippen LogP contribution < -0.4 is 5.32 Å². The van der Waals surface area contributed by atoms with E-state index in [9.17, 15) is 9.59 Å². The second-order valence-corrected chi connectivity index (χ2v) is 4.78. The van der Waals surface area contributed by atoms with Gasteiger partial charge in [-0.2, -0.15) is 0 Å². The highest BCUT2D eigenvalue weighted by Crippen LogP contribution is 2.07. The molecule has 0 saturated heterocycles. The number of hydrogen-bond donors (Lipinski definition) is 1. The van der Waals surface area contributed by atoms with Crippen LogP contribution in [0.5, 0.6) is 0 Å². The van der Waals surface area contributed by atoms with Crippen LogP contribution in [0.3, 0.4) is 0 Å². The van der Waals surface area contributed by atoms with Gasteiger partial charge in [0, 0.05) is 11.6 Å². The number of alkyl carbamates (subject to hydrolysis) is 1. The van der Waals surface area contributed by atoms with Crippen molar-refractivity contribution in [3.63, 3.8) is 0 Å². The maximum atomic E-state index is 11.4. The maximum absolute atomic E-state index is 11.4. The Morgan fingerprint density at radius 2 is 1.82 bits per heavy atom. The Hall–Kier alpha value is -1.52. The fourth-order valence-electron chi connectivity index (χ4n) is 1.14. The van der Waals surface area contributed by atoms with Crippen LogP contribution in [-0.2, 0) is 14.3 Å². The first-order valence-corrected chi connectivity index (χ1v) is 5.42. The lowest BCUT2D eigenvalue weighted by Crippen LogP contribution is -2.37. The first-order valence-electron chi connectivity index (χ1n) is 5.42. The summed E-state index contributed by atoms with van der Waals surface area (Å²) in [5, 5.41) is 2.60. The van der Waals surface area contributed by atoms with Gasteiger partial charge in [0.05, 0.1) is 7.11 Å². The lowest BCUT2D eigenvalue weighted by atomic mass is 10.2. The summed E-state index contributed by atoms with van der Waals surface area (Å²) in [6.45, 7) is 8.72. The molecule has 17 heavy (non-hydrogen) atoms. The molecule has 0 bridgehead atoms. The normalized spacial score (nSPS) is 13.9. The second-order valence-electron chi connectivity index (χ2n) is 4.78. The molecule has 0 saturated carbocycles. The monoisotopic (exact) mass is 243 g/mol. The summed E-state index contributed by atoms with van der Waals surface area (Å²) in [5.41, 5.74) is -0.0960. The highest BCUT2D eigenvalue weighted by Gasteiger charge is 2.17. The van der Waals surface area contributed by atoms with Gasteiger partial charge in [-0.1, -0.05) is 6.08 Å². The summed E-state index contributed by atoms with van der Waals surface area (Å²) in [7, 11) is 1.31. The van der Waals surface area contributed by atoms with E-state index in [-0.39, 0.29) is 6.04 Å². The molecule has 0 aliphatic rings. The maximum Gasteiger partial charge on any atom is 0.408 e. The molecule has 0 aromatic carbocycles. The standard InChI is InChI=1S/C12H21NO4/c1-8(10(14)16-6)7-9(2)13-11(15)17-12(3,4)5/h7,9H,1-6H3,(H,13,15)/b8-7+. The highest BCUT2D eigenvalue weighted by molar-refractivity contribution is 5.87. The first kappa shape index (κ1) is 15.5. The van der Waals surface area contributed by atoms with Crippen molar-refractivity contribution in [1.29, 1.82) is 0 Å². The minimum Gasteiger partial charge on any atom is -0.466 e. The van der Waals surface area contributed by atoms with Gasteiger partial charge >= 0.3 is 12.1 Å². The first-order chi connectivity index (χ1) is 7.65. The summed E-state index contributed by atoms with van der Waals surface area (Å²) < 4.78 is 9.63. The van der Waals surface area contributed by atoms with Gasteiger partial charge in [-0.25, -0.2) is 9.59 Å². The van der Waals surface area contributed by atoms with Crippen LogP contribution in [0.25, 0.3) is 0 Å². The van der Waals surface area contributed by atoms with Crippen molar-refractivity contribution >= 4 is 12.1 Å².